The fourth-order valence-electron chi connectivity index (χ4n) is 6.05. The van der Waals surface area contributed by atoms with Crippen LogP contribution in [0.5, 0.6) is 0 Å². The molecule has 1 atom stereocenters. The van der Waals surface area contributed by atoms with Crippen LogP contribution in [0.1, 0.15) is 38.0 Å². The number of aromatic carboxylic acids is 1. The highest BCUT2D eigenvalue weighted by atomic mass is 35.5. The number of amides is 2. The zero-order valence-electron chi connectivity index (χ0n) is 25.1. The number of halogens is 5. The van der Waals surface area contributed by atoms with E-state index in [1.807, 2.05) is 11.0 Å². The largest absolute Gasteiger partial charge is 0.478 e. The van der Waals surface area contributed by atoms with Crippen LogP contribution in [0.15, 0.2) is 66.9 Å². The molecule has 4 aromatic rings. The lowest BCUT2D eigenvalue weighted by Crippen LogP contribution is -2.50. The summed E-state index contributed by atoms with van der Waals surface area (Å²) in [4.78, 5) is 44.0. The van der Waals surface area contributed by atoms with Crippen molar-refractivity contribution >= 4 is 40.8 Å². The van der Waals surface area contributed by atoms with E-state index in [1.165, 1.54) is 58.5 Å². The number of nitrogens with zero attached hydrogens (tertiary/aromatic N) is 6. The molecule has 0 radical (unpaired) electrons. The monoisotopic (exact) mass is 685 g/mol. The highest BCUT2D eigenvalue weighted by Gasteiger charge is 2.39. The zero-order valence-corrected chi connectivity index (χ0v) is 25.9. The van der Waals surface area contributed by atoms with Crippen LogP contribution in [-0.2, 0) is 11.2 Å². The van der Waals surface area contributed by atoms with E-state index in [0.717, 1.165) is 15.9 Å². The first-order valence-corrected chi connectivity index (χ1v) is 15.2. The third-order valence-corrected chi connectivity index (χ3v) is 8.60. The smallest absolute Gasteiger partial charge is 0.401 e. The van der Waals surface area contributed by atoms with E-state index in [9.17, 15) is 37.1 Å². The number of rotatable bonds is 7. The molecular formula is C32H28ClF4N7O4. The maximum atomic E-state index is 14.7. The molecule has 3 heterocycles. The summed E-state index contributed by atoms with van der Waals surface area (Å²) in [5, 5.41) is 19.7. The second kappa shape index (κ2) is 13.2. The number of benzene rings is 3. The lowest BCUT2D eigenvalue weighted by Gasteiger charge is -2.41. The highest BCUT2D eigenvalue weighted by molar-refractivity contribution is 6.30. The maximum Gasteiger partial charge on any atom is 0.401 e. The lowest BCUT2D eigenvalue weighted by molar-refractivity contribution is -0.146. The van der Waals surface area contributed by atoms with Crippen LogP contribution in [0.4, 0.5) is 28.9 Å². The molecule has 2 N–H and O–H groups in total. The molecule has 11 nitrogen and oxygen atoms in total. The van der Waals surface area contributed by atoms with Gasteiger partial charge in [0.25, 0.3) is 11.8 Å². The van der Waals surface area contributed by atoms with Gasteiger partial charge >= 0.3 is 12.1 Å². The quantitative estimate of drug-likeness (QED) is 0.266. The Hall–Kier alpha value is -5.02. The van der Waals surface area contributed by atoms with Crippen molar-refractivity contribution in [2.75, 3.05) is 49.5 Å². The van der Waals surface area contributed by atoms with Crippen LogP contribution < -0.4 is 10.2 Å². The fraction of sp³-hybridized carbons (Fsp3) is 0.281. The Morgan fingerprint density at radius 1 is 0.938 bits per heavy atom. The van der Waals surface area contributed by atoms with Gasteiger partial charge in [-0.15, -0.1) is 5.10 Å². The van der Waals surface area contributed by atoms with Crippen molar-refractivity contribution in [2.24, 2.45) is 0 Å². The van der Waals surface area contributed by atoms with E-state index < -0.39 is 42.4 Å². The minimum Gasteiger partial charge on any atom is -0.478 e. The van der Waals surface area contributed by atoms with Crippen molar-refractivity contribution in [3.05, 3.63) is 100 Å². The van der Waals surface area contributed by atoms with Crippen molar-refractivity contribution in [2.45, 2.75) is 18.6 Å². The van der Waals surface area contributed by atoms with Gasteiger partial charge < -0.3 is 20.2 Å². The van der Waals surface area contributed by atoms with Crippen LogP contribution in [-0.4, -0.2) is 93.1 Å². The Bertz CT molecular complexity index is 1860. The number of nitrogens with one attached hydrogen (secondary N) is 1. The highest BCUT2D eigenvalue weighted by Crippen LogP contribution is 2.38. The number of carboxylic acid groups (broad SMARTS) is 1. The minimum atomic E-state index is -4.30. The summed E-state index contributed by atoms with van der Waals surface area (Å²) in [5.41, 5.74) is 2.18. The molecule has 2 aliphatic heterocycles. The van der Waals surface area contributed by atoms with Gasteiger partial charge in [0.1, 0.15) is 11.7 Å². The van der Waals surface area contributed by atoms with Crippen LogP contribution in [0, 0.1) is 5.82 Å². The van der Waals surface area contributed by atoms with E-state index in [0.29, 0.717) is 30.8 Å². The molecular weight excluding hydrogens is 658 g/mol. The third kappa shape index (κ3) is 6.82. The van der Waals surface area contributed by atoms with Gasteiger partial charge in [0.05, 0.1) is 23.3 Å². The molecule has 16 heteroatoms. The molecule has 0 saturated carbocycles. The van der Waals surface area contributed by atoms with Gasteiger partial charge in [-0.05, 0) is 60.0 Å². The summed E-state index contributed by atoms with van der Waals surface area (Å²) in [6.45, 7) is 0.163. The molecule has 1 fully saturated rings. The summed E-state index contributed by atoms with van der Waals surface area (Å²) in [6.07, 6.45) is -2.73. The van der Waals surface area contributed by atoms with Crippen molar-refractivity contribution in [3.63, 3.8) is 0 Å². The number of piperazine rings is 1. The average molecular weight is 686 g/mol. The second-order valence-electron chi connectivity index (χ2n) is 11.4. The van der Waals surface area contributed by atoms with Gasteiger partial charge in [-0.1, -0.05) is 35.0 Å². The number of carboxylic acids is 1. The molecule has 1 unspecified atom stereocenters. The van der Waals surface area contributed by atoms with Gasteiger partial charge in [-0.2, -0.15) is 13.2 Å². The van der Waals surface area contributed by atoms with Crippen LogP contribution in [0.25, 0.3) is 5.69 Å². The van der Waals surface area contributed by atoms with E-state index in [-0.39, 0.29) is 41.6 Å². The summed E-state index contributed by atoms with van der Waals surface area (Å²) in [6, 6.07) is 13.9. The Morgan fingerprint density at radius 2 is 1.62 bits per heavy atom. The lowest BCUT2D eigenvalue weighted by atomic mass is 9.89. The first-order valence-electron chi connectivity index (χ1n) is 14.9. The fourth-order valence-corrected chi connectivity index (χ4v) is 6.22. The van der Waals surface area contributed by atoms with Gasteiger partial charge in [0, 0.05) is 44.1 Å². The molecule has 0 aliphatic carbocycles. The zero-order chi connectivity index (χ0) is 34.2. The number of hydrogen-bond acceptors (Lipinski definition) is 7. The standard InChI is InChI=1S/C32H28ClF4N7O4/c33-23-4-2-6-26(27(23)34)44-17-24(39-40-44)30(46)43-12-11-21-22(28(43)29(45)38-20-9-7-19(8-10-20)31(47)48)3-1-5-25(21)42-15-13-41(14-16-42)18-32(35,36)37/h1-10,17,28H,11-16,18H2,(H,38,45)(H,47,48). The summed E-state index contributed by atoms with van der Waals surface area (Å²) in [5.74, 6) is -3.13. The first kappa shape index (κ1) is 32.9. The molecule has 1 aromatic heterocycles. The number of carbonyl (C=O) groups is 3. The molecule has 48 heavy (non-hydrogen) atoms. The summed E-state index contributed by atoms with van der Waals surface area (Å²) < 4.78 is 54.7. The third-order valence-electron chi connectivity index (χ3n) is 8.31. The van der Waals surface area contributed by atoms with E-state index >= 15 is 0 Å². The van der Waals surface area contributed by atoms with Crippen molar-refractivity contribution in [3.8, 4) is 5.69 Å². The predicted octanol–water partition coefficient (Wildman–Crippen LogP) is 4.82. The first-order chi connectivity index (χ1) is 22.9. The SMILES string of the molecule is O=C(O)c1ccc(NC(=O)C2c3cccc(N4CCN(CC(F)(F)F)CC4)c3CCN2C(=O)c2cn(-c3cccc(Cl)c3F)nn2)cc1. The Labute approximate surface area is 276 Å². The molecule has 2 amide bonds. The van der Waals surface area contributed by atoms with Gasteiger partial charge in [-0.25, -0.2) is 13.9 Å². The van der Waals surface area contributed by atoms with Crippen LogP contribution >= 0.6 is 11.6 Å². The molecule has 1 saturated heterocycles. The van der Waals surface area contributed by atoms with Gasteiger partial charge in [-0.3, -0.25) is 14.5 Å². The van der Waals surface area contributed by atoms with Gasteiger partial charge in [0.2, 0.25) is 0 Å². The number of fused-ring (bicyclic) bond motifs is 1. The number of alkyl halides is 3. The van der Waals surface area contributed by atoms with Crippen LogP contribution in [0.3, 0.4) is 0 Å². The molecule has 0 spiro atoms. The van der Waals surface area contributed by atoms with Crippen LogP contribution in [0.2, 0.25) is 5.02 Å². The maximum absolute atomic E-state index is 14.7. The second-order valence-corrected chi connectivity index (χ2v) is 11.8. The minimum absolute atomic E-state index is 0.0204. The van der Waals surface area contributed by atoms with E-state index in [1.54, 1.807) is 12.1 Å². The Kier molecular flexibility index (Phi) is 9.07. The Balaban J connectivity index is 1.32. The number of hydrogen-bond donors (Lipinski definition) is 2. The Morgan fingerprint density at radius 3 is 2.31 bits per heavy atom. The molecule has 2 aliphatic rings. The van der Waals surface area contributed by atoms with Crippen molar-refractivity contribution in [1.29, 1.82) is 0 Å². The molecule has 6 rings (SSSR count). The number of aromatic nitrogens is 3. The summed E-state index contributed by atoms with van der Waals surface area (Å²) >= 11 is 5.91. The molecule has 250 valence electrons. The predicted molar refractivity (Wildman–Crippen MR) is 167 cm³/mol. The normalized spacial score (nSPS) is 16.8. The summed E-state index contributed by atoms with van der Waals surface area (Å²) in [7, 11) is 0. The van der Waals surface area contributed by atoms with E-state index in [2.05, 4.69) is 15.6 Å². The average Bonchev–Trinajstić information content (AvgIpc) is 3.55. The molecule has 0 bridgehead atoms. The number of carbonyl (C=O) groups excluding carboxylic acids is 2. The van der Waals surface area contributed by atoms with E-state index in [4.69, 9.17) is 11.6 Å². The number of anilines is 2. The molecule has 3 aromatic carbocycles. The van der Waals surface area contributed by atoms with Crippen molar-refractivity contribution in [1.82, 2.24) is 24.8 Å². The van der Waals surface area contributed by atoms with Gasteiger partial charge in [0.15, 0.2) is 11.5 Å². The van der Waals surface area contributed by atoms with Crippen molar-refractivity contribution < 1.29 is 37.1 Å². The topological polar surface area (TPSA) is 124 Å².